The summed E-state index contributed by atoms with van der Waals surface area (Å²) in [4.78, 5) is 3.92. The third-order valence-electron chi connectivity index (χ3n) is 2.80. The molecule has 0 aliphatic heterocycles. The number of benzene rings is 1. The predicted molar refractivity (Wildman–Crippen MR) is 68.4 cm³/mol. The van der Waals surface area contributed by atoms with Crippen molar-refractivity contribution in [2.45, 2.75) is 12.6 Å². The number of halogens is 3. The molecular weight excluding hydrogens is 267 g/mol. The highest BCUT2D eigenvalue weighted by atomic mass is 19.4. The number of nitrogen functional groups attached to an aromatic ring is 1. The molecule has 0 saturated carbocycles. The van der Waals surface area contributed by atoms with Crippen LogP contribution in [0.3, 0.4) is 0 Å². The molecule has 3 nitrogen and oxygen atoms in total. The first-order valence-electron chi connectivity index (χ1n) is 5.71. The highest BCUT2D eigenvalue weighted by molar-refractivity contribution is 5.68. The van der Waals surface area contributed by atoms with E-state index in [0.717, 1.165) is 12.1 Å². The van der Waals surface area contributed by atoms with Crippen LogP contribution in [0.1, 0.15) is 11.1 Å². The van der Waals surface area contributed by atoms with E-state index in [0.29, 0.717) is 16.7 Å². The van der Waals surface area contributed by atoms with Gasteiger partial charge in [-0.2, -0.15) is 18.4 Å². The van der Waals surface area contributed by atoms with E-state index in [9.17, 15) is 13.2 Å². The Hall–Kier alpha value is -2.55. The number of hydrogen-bond donors (Lipinski definition) is 1. The van der Waals surface area contributed by atoms with Crippen molar-refractivity contribution < 1.29 is 13.2 Å². The zero-order valence-electron chi connectivity index (χ0n) is 10.3. The average molecular weight is 277 g/mol. The maximum Gasteiger partial charge on any atom is 0.416 e. The standard InChI is InChI=1S/C14H10F3N3/c15-14(16,17)11-3-1-9(2-4-11)12-8-20-13(19)7-10(12)5-6-18/h1-4,7-8H,5H2,(H2,19,20). The number of hydrogen-bond acceptors (Lipinski definition) is 3. The Kier molecular flexibility index (Phi) is 3.61. The van der Waals surface area contributed by atoms with Gasteiger partial charge in [-0.15, -0.1) is 0 Å². The van der Waals surface area contributed by atoms with Crippen molar-refractivity contribution in [3.63, 3.8) is 0 Å². The van der Waals surface area contributed by atoms with Crippen molar-refractivity contribution in [2.75, 3.05) is 5.73 Å². The van der Waals surface area contributed by atoms with Crippen molar-refractivity contribution >= 4 is 5.82 Å². The number of aromatic nitrogens is 1. The fourth-order valence-corrected chi connectivity index (χ4v) is 1.85. The van der Waals surface area contributed by atoms with Crippen molar-refractivity contribution in [1.29, 1.82) is 5.26 Å². The number of pyridine rings is 1. The third kappa shape index (κ3) is 2.88. The molecule has 0 amide bonds. The molecule has 2 N–H and O–H groups in total. The SMILES string of the molecule is N#CCc1cc(N)ncc1-c1ccc(C(F)(F)F)cc1. The lowest BCUT2D eigenvalue weighted by Gasteiger charge is -2.10. The van der Waals surface area contributed by atoms with Crippen LogP contribution in [0.25, 0.3) is 11.1 Å². The Labute approximate surface area is 113 Å². The number of anilines is 1. The van der Waals surface area contributed by atoms with Crippen LogP contribution in [0.5, 0.6) is 0 Å². The largest absolute Gasteiger partial charge is 0.416 e. The summed E-state index contributed by atoms with van der Waals surface area (Å²) in [5.74, 6) is 0.269. The fraction of sp³-hybridized carbons (Fsp3) is 0.143. The summed E-state index contributed by atoms with van der Waals surface area (Å²) in [7, 11) is 0. The molecule has 102 valence electrons. The maximum absolute atomic E-state index is 12.5. The van der Waals surface area contributed by atoms with E-state index in [-0.39, 0.29) is 12.2 Å². The van der Waals surface area contributed by atoms with E-state index in [4.69, 9.17) is 11.0 Å². The lowest BCUT2D eigenvalue weighted by Crippen LogP contribution is -2.04. The topological polar surface area (TPSA) is 62.7 Å². The lowest BCUT2D eigenvalue weighted by atomic mass is 9.99. The molecule has 2 aromatic rings. The molecule has 0 atom stereocenters. The molecule has 6 heteroatoms. The van der Waals surface area contributed by atoms with Crippen LogP contribution in [0.15, 0.2) is 36.5 Å². The minimum Gasteiger partial charge on any atom is -0.384 e. The molecule has 0 aliphatic carbocycles. The lowest BCUT2D eigenvalue weighted by molar-refractivity contribution is -0.137. The zero-order chi connectivity index (χ0) is 14.8. The molecule has 0 spiro atoms. The van der Waals surface area contributed by atoms with E-state index >= 15 is 0 Å². The van der Waals surface area contributed by atoms with Gasteiger partial charge in [0, 0.05) is 11.8 Å². The number of nitriles is 1. The van der Waals surface area contributed by atoms with E-state index in [1.165, 1.54) is 18.3 Å². The second kappa shape index (κ2) is 5.21. The summed E-state index contributed by atoms with van der Waals surface area (Å²) < 4.78 is 37.5. The average Bonchev–Trinajstić information content (AvgIpc) is 2.38. The van der Waals surface area contributed by atoms with Crippen molar-refractivity contribution in [1.82, 2.24) is 4.98 Å². The van der Waals surface area contributed by atoms with Gasteiger partial charge in [-0.05, 0) is 29.3 Å². The van der Waals surface area contributed by atoms with Crippen molar-refractivity contribution in [3.05, 3.63) is 47.7 Å². The maximum atomic E-state index is 12.5. The Morgan fingerprint density at radius 1 is 1.20 bits per heavy atom. The van der Waals surface area contributed by atoms with Crippen LogP contribution < -0.4 is 5.73 Å². The second-order valence-corrected chi connectivity index (χ2v) is 4.18. The first-order chi connectivity index (χ1) is 9.41. The van der Waals surface area contributed by atoms with Gasteiger partial charge in [0.05, 0.1) is 18.1 Å². The van der Waals surface area contributed by atoms with E-state index < -0.39 is 11.7 Å². The van der Waals surface area contributed by atoms with Crippen LogP contribution in [-0.4, -0.2) is 4.98 Å². The second-order valence-electron chi connectivity index (χ2n) is 4.18. The highest BCUT2D eigenvalue weighted by Crippen LogP contribution is 2.32. The molecule has 1 aromatic carbocycles. The van der Waals surface area contributed by atoms with Crippen LogP contribution >= 0.6 is 0 Å². The number of alkyl halides is 3. The Bertz CT molecular complexity index is 655. The molecule has 20 heavy (non-hydrogen) atoms. The molecule has 1 aromatic heterocycles. The molecule has 0 bridgehead atoms. The predicted octanol–water partition coefficient (Wildman–Crippen LogP) is 3.42. The molecule has 0 saturated heterocycles. The summed E-state index contributed by atoms with van der Waals surface area (Å²) in [6, 6.07) is 8.27. The number of nitrogens with zero attached hydrogens (tertiary/aromatic N) is 2. The van der Waals surface area contributed by atoms with E-state index in [2.05, 4.69) is 4.98 Å². The van der Waals surface area contributed by atoms with Gasteiger partial charge in [-0.25, -0.2) is 4.98 Å². The summed E-state index contributed by atoms with van der Waals surface area (Å²) in [5.41, 5.74) is 6.64. The smallest absolute Gasteiger partial charge is 0.384 e. The molecule has 0 fully saturated rings. The normalized spacial score (nSPS) is 11.1. The molecule has 0 radical (unpaired) electrons. The van der Waals surface area contributed by atoms with Gasteiger partial charge in [0.1, 0.15) is 5.82 Å². The van der Waals surface area contributed by atoms with E-state index in [1.807, 2.05) is 6.07 Å². The first kappa shape index (κ1) is 13.9. The Balaban J connectivity index is 2.44. The van der Waals surface area contributed by atoms with Crippen LogP contribution in [0.4, 0.5) is 19.0 Å². The van der Waals surface area contributed by atoms with Crippen LogP contribution in [-0.2, 0) is 12.6 Å². The minimum atomic E-state index is -4.37. The van der Waals surface area contributed by atoms with Crippen molar-refractivity contribution in [3.8, 4) is 17.2 Å². The summed E-state index contributed by atoms with van der Waals surface area (Å²) >= 11 is 0. The third-order valence-corrected chi connectivity index (χ3v) is 2.80. The number of nitrogens with two attached hydrogens (primary N) is 1. The summed E-state index contributed by atoms with van der Waals surface area (Å²) in [6.07, 6.45) is -2.79. The summed E-state index contributed by atoms with van der Waals surface area (Å²) in [5, 5.41) is 8.77. The molecule has 0 unspecified atom stereocenters. The zero-order valence-corrected chi connectivity index (χ0v) is 10.3. The molecule has 2 rings (SSSR count). The van der Waals surface area contributed by atoms with Gasteiger partial charge in [-0.3, -0.25) is 0 Å². The molecule has 1 heterocycles. The van der Waals surface area contributed by atoms with Gasteiger partial charge in [0.15, 0.2) is 0 Å². The van der Waals surface area contributed by atoms with Crippen LogP contribution in [0.2, 0.25) is 0 Å². The minimum absolute atomic E-state index is 0.114. The summed E-state index contributed by atoms with van der Waals surface area (Å²) in [6.45, 7) is 0. The molecular formula is C14H10F3N3. The highest BCUT2D eigenvalue weighted by Gasteiger charge is 2.30. The van der Waals surface area contributed by atoms with Gasteiger partial charge in [-0.1, -0.05) is 12.1 Å². The van der Waals surface area contributed by atoms with Crippen LogP contribution in [0, 0.1) is 11.3 Å². The monoisotopic (exact) mass is 277 g/mol. The number of rotatable bonds is 2. The quantitative estimate of drug-likeness (QED) is 0.914. The molecule has 0 aliphatic rings. The van der Waals surface area contributed by atoms with Crippen molar-refractivity contribution in [2.24, 2.45) is 0 Å². The van der Waals surface area contributed by atoms with Gasteiger partial charge in [0.2, 0.25) is 0 Å². The van der Waals surface area contributed by atoms with Gasteiger partial charge >= 0.3 is 6.18 Å². The fourth-order valence-electron chi connectivity index (χ4n) is 1.85. The Morgan fingerprint density at radius 2 is 1.85 bits per heavy atom. The Morgan fingerprint density at radius 3 is 2.40 bits per heavy atom. The van der Waals surface area contributed by atoms with Gasteiger partial charge < -0.3 is 5.73 Å². The first-order valence-corrected chi connectivity index (χ1v) is 5.71. The van der Waals surface area contributed by atoms with E-state index in [1.54, 1.807) is 6.07 Å². The van der Waals surface area contributed by atoms with Gasteiger partial charge in [0.25, 0.3) is 0 Å².